The summed E-state index contributed by atoms with van der Waals surface area (Å²) in [6.45, 7) is 3.28. The molecule has 0 bridgehead atoms. The summed E-state index contributed by atoms with van der Waals surface area (Å²) in [6, 6.07) is 0. The first kappa shape index (κ1) is 12.7. The predicted octanol–water partition coefficient (Wildman–Crippen LogP) is -0.516. The van der Waals surface area contributed by atoms with Crippen LogP contribution in [0, 0.1) is 5.82 Å². The number of rotatable bonds is 3. The standard InChI is InChI=1S/C11H16FN5O/c1-16(11-14-6-9(12)7-15-11)8-10(18)17-4-2-13-3-5-17/h6-7,13H,2-5,8H2,1H3. The van der Waals surface area contributed by atoms with Crippen LogP contribution >= 0.6 is 0 Å². The summed E-state index contributed by atoms with van der Waals surface area (Å²) in [5.74, 6) is -0.104. The minimum absolute atomic E-state index is 0.0342. The molecule has 2 rings (SSSR count). The Hall–Kier alpha value is -1.76. The third kappa shape index (κ3) is 3.13. The first-order chi connectivity index (χ1) is 8.66. The zero-order chi connectivity index (χ0) is 13.0. The Kier molecular flexibility index (Phi) is 4.03. The van der Waals surface area contributed by atoms with Crippen LogP contribution in [0.25, 0.3) is 0 Å². The molecule has 0 unspecified atom stereocenters. The molecule has 0 spiro atoms. The summed E-state index contributed by atoms with van der Waals surface area (Å²) >= 11 is 0. The van der Waals surface area contributed by atoms with Crippen molar-refractivity contribution in [2.24, 2.45) is 0 Å². The number of halogens is 1. The van der Waals surface area contributed by atoms with Crippen molar-refractivity contribution in [2.75, 3.05) is 44.7 Å². The van der Waals surface area contributed by atoms with E-state index in [1.165, 1.54) is 0 Å². The lowest BCUT2D eigenvalue weighted by Gasteiger charge is -2.29. The number of nitrogens with one attached hydrogen (secondary N) is 1. The fourth-order valence-electron chi connectivity index (χ4n) is 1.79. The van der Waals surface area contributed by atoms with E-state index in [0.717, 1.165) is 38.6 Å². The van der Waals surface area contributed by atoms with Crippen molar-refractivity contribution >= 4 is 11.9 Å². The minimum atomic E-state index is -0.486. The van der Waals surface area contributed by atoms with E-state index in [2.05, 4.69) is 15.3 Å². The summed E-state index contributed by atoms with van der Waals surface area (Å²) in [6.07, 6.45) is 2.18. The molecule has 6 nitrogen and oxygen atoms in total. The molecule has 0 radical (unpaired) electrons. The van der Waals surface area contributed by atoms with Gasteiger partial charge >= 0.3 is 0 Å². The summed E-state index contributed by atoms with van der Waals surface area (Å²) < 4.78 is 12.7. The Morgan fingerprint density at radius 1 is 1.44 bits per heavy atom. The van der Waals surface area contributed by atoms with Crippen molar-refractivity contribution in [2.45, 2.75) is 0 Å². The van der Waals surface area contributed by atoms with Gasteiger partial charge in [0.15, 0.2) is 5.82 Å². The summed E-state index contributed by atoms with van der Waals surface area (Å²) in [5, 5.41) is 3.19. The van der Waals surface area contributed by atoms with Crippen LogP contribution in [-0.2, 0) is 4.79 Å². The second-order valence-electron chi connectivity index (χ2n) is 4.19. The van der Waals surface area contributed by atoms with E-state index in [9.17, 15) is 9.18 Å². The highest BCUT2D eigenvalue weighted by molar-refractivity contribution is 5.80. The van der Waals surface area contributed by atoms with Crippen molar-refractivity contribution in [3.8, 4) is 0 Å². The van der Waals surface area contributed by atoms with Gasteiger partial charge in [-0.2, -0.15) is 0 Å². The maximum Gasteiger partial charge on any atom is 0.242 e. The van der Waals surface area contributed by atoms with E-state index in [4.69, 9.17) is 0 Å². The number of piperazine rings is 1. The zero-order valence-electron chi connectivity index (χ0n) is 10.3. The number of carbonyl (C=O) groups excluding carboxylic acids is 1. The number of amides is 1. The van der Waals surface area contributed by atoms with Crippen molar-refractivity contribution in [3.63, 3.8) is 0 Å². The molecule has 1 N–H and O–H groups in total. The van der Waals surface area contributed by atoms with Crippen molar-refractivity contribution < 1.29 is 9.18 Å². The zero-order valence-corrected chi connectivity index (χ0v) is 10.3. The lowest BCUT2D eigenvalue weighted by Crippen LogP contribution is -2.49. The van der Waals surface area contributed by atoms with Crippen LogP contribution in [-0.4, -0.2) is 60.5 Å². The van der Waals surface area contributed by atoms with Gasteiger partial charge < -0.3 is 15.1 Å². The van der Waals surface area contributed by atoms with E-state index in [1.54, 1.807) is 16.8 Å². The van der Waals surface area contributed by atoms with Crippen LogP contribution in [0.1, 0.15) is 0 Å². The van der Waals surface area contributed by atoms with Crippen LogP contribution in [0.3, 0.4) is 0 Å². The largest absolute Gasteiger partial charge is 0.339 e. The molecule has 1 amide bonds. The van der Waals surface area contributed by atoms with Gasteiger partial charge in [0.1, 0.15) is 0 Å². The quantitative estimate of drug-likeness (QED) is 0.785. The average Bonchev–Trinajstić information content (AvgIpc) is 2.40. The van der Waals surface area contributed by atoms with E-state index < -0.39 is 5.82 Å². The second kappa shape index (κ2) is 5.72. The van der Waals surface area contributed by atoms with E-state index >= 15 is 0 Å². The van der Waals surface area contributed by atoms with Crippen LogP contribution in [0.15, 0.2) is 12.4 Å². The van der Waals surface area contributed by atoms with Crippen molar-refractivity contribution in [1.29, 1.82) is 0 Å². The molecule has 18 heavy (non-hydrogen) atoms. The molecule has 0 atom stereocenters. The molecule has 2 heterocycles. The molecular formula is C11H16FN5O. The van der Waals surface area contributed by atoms with Crippen LogP contribution in [0.5, 0.6) is 0 Å². The fourth-order valence-corrected chi connectivity index (χ4v) is 1.79. The maximum absolute atomic E-state index is 12.7. The molecule has 7 heteroatoms. The number of hydrogen-bond donors (Lipinski definition) is 1. The monoisotopic (exact) mass is 253 g/mol. The van der Waals surface area contributed by atoms with Crippen molar-refractivity contribution in [1.82, 2.24) is 20.2 Å². The normalized spacial score (nSPS) is 15.6. The van der Waals surface area contributed by atoms with Gasteiger partial charge in [0.25, 0.3) is 0 Å². The van der Waals surface area contributed by atoms with Crippen LogP contribution < -0.4 is 10.2 Å². The molecule has 1 saturated heterocycles. The Bertz CT molecular complexity index is 404. The van der Waals surface area contributed by atoms with Crippen LogP contribution in [0.4, 0.5) is 10.3 Å². The molecular weight excluding hydrogens is 237 g/mol. The number of nitrogens with zero attached hydrogens (tertiary/aromatic N) is 4. The lowest BCUT2D eigenvalue weighted by molar-refractivity contribution is -0.130. The summed E-state index contributed by atoms with van der Waals surface area (Å²) in [7, 11) is 1.72. The highest BCUT2D eigenvalue weighted by atomic mass is 19.1. The average molecular weight is 253 g/mol. The molecule has 1 aliphatic heterocycles. The third-order valence-corrected chi connectivity index (χ3v) is 2.79. The van der Waals surface area contributed by atoms with Crippen LogP contribution in [0.2, 0.25) is 0 Å². The van der Waals surface area contributed by atoms with Gasteiger partial charge in [0, 0.05) is 33.2 Å². The number of carbonyl (C=O) groups is 1. The SMILES string of the molecule is CN(CC(=O)N1CCNCC1)c1ncc(F)cn1. The minimum Gasteiger partial charge on any atom is -0.339 e. The molecule has 1 aromatic rings. The smallest absolute Gasteiger partial charge is 0.242 e. The van der Waals surface area contributed by atoms with E-state index in [0.29, 0.717) is 5.95 Å². The molecule has 1 fully saturated rings. The van der Waals surface area contributed by atoms with Gasteiger partial charge in [-0.05, 0) is 0 Å². The fraction of sp³-hybridized carbons (Fsp3) is 0.545. The Balaban J connectivity index is 1.91. The predicted molar refractivity (Wildman–Crippen MR) is 64.7 cm³/mol. The van der Waals surface area contributed by atoms with E-state index in [1.807, 2.05) is 0 Å². The van der Waals surface area contributed by atoms with Gasteiger partial charge in [0.05, 0.1) is 18.9 Å². The van der Waals surface area contributed by atoms with Gasteiger partial charge in [-0.25, -0.2) is 14.4 Å². The Morgan fingerprint density at radius 2 is 2.06 bits per heavy atom. The Morgan fingerprint density at radius 3 is 2.67 bits per heavy atom. The number of hydrogen-bond acceptors (Lipinski definition) is 5. The van der Waals surface area contributed by atoms with Gasteiger partial charge in [-0.1, -0.05) is 0 Å². The summed E-state index contributed by atoms with van der Waals surface area (Å²) in [5.41, 5.74) is 0. The van der Waals surface area contributed by atoms with Gasteiger partial charge in [-0.3, -0.25) is 4.79 Å². The molecule has 0 saturated carbocycles. The molecule has 98 valence electrons. The number of aromatic nitrogens is 2. The molecule has 1 aliphatic rings. The molecule has 0 aromatic carbocycles. The van der Waals surface area contributed by atoms with Gasteiger partial charge in [-0.15, -0.1) is 0 Å². The first-order valence-corrected chi connectivity index (χ1v) is 5.84. The van der Waals surface area contributed by atoms with Gasteiger partial charge in [0.2, 0.25) is 11.9 Å². The third-order valence-electron chi connectivity index (χ3n) is 2.79. The Labute approximate surface area is 105 Å². The topological polar surface area (TPSA) is 61.4 Å². The lowest BCUT2D eigenvalue weighted by atomic mass is 10.3. The van der Waals surface area contributed by atoms with E-state index in [-0.39, 0.29) is 12.5 Å². The molecule has 0 aliphatic carbocycles. The second-order valence-corrected chi connectivity index (χ2v) is 4.19. The highest BCUT2D eigenvalue weighted by Gasteiger charge is 2.18. The number of anilines is 1. The first-order valence-electron chi connectivity index (χ1n) is 5.84. The highest BCUT2D eigenvalue weighted by Crippen LogP contribution is 2.05. The summed E-state index contributed by atoms with van der Waals surface area (Å²) in [4.78, 5) is 23.1. The van der Waals surface area contributed by atoms with Crippen molar-refractivity contribution in [3.05, 3.63) is 18.2 Å². The maximum atomic E-state index is 12.7. The molecule has 1 aromatic heterocycles. The number of likely N-dealkylation sites (N-methyl/N-ethyl adjacent to an activating group) is 1.